The molecule has 0 amide bonds. The van der Waals surface area contributed by atoms with Crippen molar-refractivity contribution in [3.05, 3.63) is 108 Å². The number of nitrogens with zero attached hydrogens (tertiary/aromatic N) is 1. The summed E-state index contributed by atoms with van der Waals surface area (Å²) in [5, 5.41) is 9.57. The molecule has 0 aliphatic heterocycles. The average Bonchev–Trinajstić information content (AvgIpc) is 3.12. The zero-order chi connectivity index (χ0) is 20.2. The van der Waals surface area contributed by atoms with Gasteiger partial charge in [0, 0.05) is 44.0 Å². The molecular weight excluding hydrogens is 366 g/mol. The van der Waals surface area contributed by atoms with Crippen LogP contribution >= 0.6 is 0 Å². The van der Waals surface area contributed by atoms with Crippen molar-refractivity contribution in [1.29, 1.82) is 0 Å². The molecule has 0 unspecified atom stereocenters. The fraction of sp³-hybridized carbons (Fsp3) is 0.148. The Morgan fingerprint density at radius 3 is 2.17 bits per heavy atom. The van der Waals surface area contributed by atoms with Gasteiger partial charge >= 0.3 is 0 Å². The lowest BCUT2D eigenvalue weighted by Crippen LogP contribution is -2.27. The first-order valence-electron chi connectivity index (χ1n) is 10.5. The predicted octanol–water partition coefficient (Wildman–Crippen LogP) is 5.03. The van der Waals surface area contributed by atoms with Crippen LogP contribution < -0.4 is 10.6 Å². The summed E-state index contributed by atoms with van der Waals surface area (Å²) < 4.78 is 0. The van der Waals surface area contributed by atoms with Crippen molar-refractivity contribution in [3.63, 3.8) is 0 Å². The van der Waals surface area contributed by atoms with Crippen LogP contribution in [0.5, 0.6) is 0 Å². The number of hydrogen-bond donors (Lipinski definition) is 2. The third-order valence-electron chi connectivity index (χ3n) is 5.74. The van der Waals surface area contributed by atoms with Crippen LogP contribution in [0, 0.1) is 0 Å². The highest BCUT2D eigenvalue weighted by molar-refractivity contribution is 6.01. The number of benzene rings is 3. The van der Waals surface area contributed by atoms with Gasteiger partial charge in [0.25, 0.3) is 0 Å². The minimum atomic E-state index is 0.861. The van der Waals surface area contributed by atoms with Gasteiger partial charge in [-0.1, -0.05) is 72.8 Å². The van der Waals surface area contributed by atoms with Gasteiger partial charge in [0.1, 0.15) is 0 Å². The zero-order valence-electron chi connectivity index (χ0n) is 16.9. The van der Waals surface area contributed by atoms with Gasteiger partial charge in [0.05, 0.1) is 0 Å². The summed E-state index contributed by atoms with van der Waals surface area (Å²) in [5.74, 6) is 0. The molecule has 30 heavy (non-hydrogen) atoms. The molecule has 1 aromatic heterocycles. The Kier molecular flexibility index (Phi) is 5.38. The first kappa shape index (κ1) is 18.7. The Morgan fingerprint density at radius 2 is 1.40 bits per heavy atom. The number of pyridine rings is 1. The average molecular weight is 392 g/mol. The Balaban J connectivity index is 1.16. The molecule has 0 bridgehead atoms. The van der Waals surface area contributed by atoms with Crippen LogP contribution in [0.25, 0.3) is 27.5 Å². The Bertz CT molecular complexity index is 1160. The van der Waals surface area contributed by atoms with Gasteiger partial charge in [-0.3, -0.25) is 4.98 Å². The summed E-state index contributed by atoms with van der Waals surface area (Å²) in [6, 6.07) is 25.9. The molecule has 0 saturated heterocycles. The molecule has 0 spiro atoms. The maximum atomic E-state index is 4.21. The lowest BCUT2D eigenvalue weighted by atomic mass is 10.0. The van der Waals surface area contributed by atoms with E-state index < -0.39 is 0 Å². The van der Waals surface area contributed by atoms with Gasteiger partial charge in [0.2, 0.25) is 0 Å². The lowest BCUT2D eigenvalue weighted by molar-refractivity contribution is 0.637. The van der Waals surface area contributed by atoms with Crippen LogP contribution in [0.4, 0.5) is 0 Å². The second kappa shape index (κ2) is 8.62. The van der Waals surface area contributed by atoms with Crippen molar-refractivity contribution in [2.75, 3.05) is 19.6 Å². The van der Waals surface area contributed by atoms with Crippen molar-refractivity contribution in [2.24, 2.45) is 0 Å². The summed E-state index contributed by atoms with van der Waals surface area (Å²) in [7, 11) is 0. The number of aromatic nitrogens is 1. The Hall–Kier alpha value is -3.27. The second-order valence-electron chi connectivity index (χ2n) is 7.60. The van der Waals surface area contributed by atoms with Crippen molar-refractivity contribution < 1.29 is 0 Å². The minimum Gasteiger partial charge on any atom is -0.312 e. The highest BCUT2D eigenvalue weighted by atomic mass is 14.9. The van der Waals surface area contributed by atoms with Crippen LogP contribution in [0.2, 0.25) is 0 Å². The number of fused-ring (bicyclic) bond motifs is 4. The topological polar surface area (TPSA) is 37.0 Å². The van der Waals surface area contributed by atoms with E-state index in [0.29, 0.717) is 0 Å². The van der Waals surface area contributed by atoms with E-state index in [9.17, 15) is 0 Å². The smallest absolute Gasteiger partial charge is 0.0346 e. The minimum absolute atomic E-state index is 0.861. The molecule has 5 rings (SSSR count). The van der Waals surface area contributed by atoms with E-state index in [1.54, 1.807) is 0 Å². The normalized spacial score (nSPS) is 12.1. The third kappa shape index (κ3) is 3.65. The van der Waals surface area contributed by atoms with Crippen LogP contribution in [0.1, 0.15) is 16.7 Å². The molecular formula is C27H25N3. The molecule has 3 heteroatoms. The number of hydrogen-bond acceptors (Lipinski definition) is 3. The predicted molar refractivity (Wildman–Crippen MR) is 125 cm³/mol. The zero-order valence-corrected chi connectivity index (χ0v) is 16.9. The first-order chi connectivity index (χ1) is 14.9. The standard InChI is InChI=1S/C27H25N3/c1-3-10-25-23(8-1)24-9-2-4-11-26(24)27(25)13-14-28-16-17-30-19-21-7-5-6-20-18-29-15-12-22(20)21/h1-13,15,18,28,30H,14,16-17,19H2. The Morgan fingerprint density at radius 1 is 0.700 bits per heavy atom. The van der Waals surface area contributed by atoms with Crippen LogP contribution in [-0.2, 0) is 6.54 Å². The summed E-state index contributed by atoms with van der Waals surface area (Å²) in [5.41, 5.74) is 8.01. The van der Waals surface area contributed by atoms with Crippen LogP contribution in [0.3, 0.4) is 0 Å². The highest BCUT2D eigenvalue weighted by Crippen LogP contribution is 2.43. The lowest BCUT2D eigenvalue weighted by Gasteiger charge is -2.09. The maximum absolute atomic E-state index is 4.21. The largest absolute Gasteiger partial charge is 0.312 e. The number of nitrogens with one attached hydrogen (secondary N) is 2. The molecule has 3 aromatic carbocycles. The summed E-state index contributed by atoms with van der Waals surface area (Å²) in [4.78, 5) is 4.21. The fourth-order valence-corrected chi connectivity index (χ4v) is 4.29. The van der Waals surface area contributed by atoms with E-state index in [1.165, 1.54) is 44.2 Å². The third-order valence-corrected chi connectivity index (χ3v) is 5.74. The van der Waals surface area contributed by atoms with Gasteiger partial charge < -0.3 is 10.6 Å². The van der Waals surface area contributed by atoms with E-state index in [1.807, 2.05) is 12.4 Å². The maximum Gasteiger partial charge on any atom is 0.0346 e. The summed E-state index contributed by atoms with van der Waals surface area (Å²) >= 11 is 0. The summed E-state index contributed by atoms with van der Waals surface area (Å²) in [6.45, 7) is 3.59. The van der Waals surface area contributed by atoms with Gasteiger partial charge in [-0.25, -0.2) is 0 Å². The molecule has 0 fully saturated rings. The van der Waals surface area contributed by atoms with Crippen molar-refractivity contribution in [2.45, 2.75) is 6.54 Å². The highest BCUT2D eigenvalue weighted by Gasteiger charge is 2.21. The van der Waals surface area contributed by atoms with E-state index in [2.05, 4.69) is 94.5 Å². The van der Waals surface area contributed by atoms with Crippen molar-refractivity contribution in [1.82, 2.24) is 15.6 Å². The molecule has 0 atom stereocenters. The molecule has 1 aliphatic rings. The van der Waals surface area contributed by atoms with Gasteiger partial charge in [-0.05, 0) is 44.8 Å². The monoisotopic (exact) mass is 391 g/mol. The van der Waals surface area contributed by atoms with Gasteiger partial charge in [-0.2, -0.15) is 0 Å². The van der Waals surface area contributed by atoms with Crippen molar-refractivity contribution in [3.8, 4) is 11.1 Å². The van der Waals surface area contributed by atoms with Gasteiger partial charge in [0.15, 0.2) is 0 Å². The van der Waals surface area contributed by atoms with E-state index in [0.717, 1.165) is 26.2 Å². The Labute approximate surface area is 177 Å². The molecule has 2 N–H and O–H groups in total. The summed E-state index contributed by atoms with van der Waals surface area (Å²) in [6.07, 6.45) is 6.11. The van der Waals surface area contributed by atoms with Crippen LogP contribution in [0.15, 0.2) is 91.3 Å². The molecule has 4 aromatic rings. The molecule has 3 nitrogen and oxygen atoms in total. The molecule has 0 saturated carbocycles. The molecule has 1 heterocycles. The fourth-order valence-electron chi connectivity index (χ4n) is 4.29. The SMILES string of the molecule is C(CNCCNCc1cccc2cnccc12)=C1c2ccccc2-c2ccccc21. The molecule has 0 radical (unpaired) electrons. The van der Waals surface area contributed by atoms with Crippen molar-refractivity contribution >= 4 is 16.3 Å². The van der Waals surface area contributed by atoms with E-state index in [-0.39, 0.29) is 0 Å². The first-order valence-corrected chi connectivity index (χ1v) is 10.5. The molecule has 148 valence electrons. The van der Waals surface area contributed by atoms with Gasteiger partial charge in [-0.15, -0.1) is 0 Å². The van der Waals surface area contributed by atoms with E-state index >= 15 is 0 Å². The second-order valence-corrected chi connectivity index (χ2v) is 7.60. The van der Waals surface area contributed by atoms with Crippen LogP contribution in [-0.4, -0.2) is 24.6 Å². The number of rotatable bonds is 7. The quantitative estimate of drug-likeness (QED) is 0.382. The molecule has 1 aliphatic carbocycles. The van der Waals surface area contributed by atoms with E-state index in [4.69, 9.17) is 0 Å².